The van der Waals surface area contributed by atoms with E-state index in [1.165, 1.54) is 6.92 Å². The number of amides is 1. The first kappa shape index (κ1) is 9.63. The summed E-state index contributed by atoms with van der Waals surface area (Å²) in [4.78, 5) is 10.6. The van der Waals surface area contributed by atoms with Crippen LogP contribution < -0.4 is 5.32 Å². The summed E-state index contributed by atoms with van der Waals surface area (Å²) in [5.74, 6) is -1.04. The van der Waals surface area contributed by atoms with Crippen molar-refractivity contribution < 1.29 is 18.1 Å². The lowest BCUT2D eigenvalue weighted by atomic mass is 10.3. The molecule has 0 aromatic carbocycles. The Balaban J connectivity index is 2.79. The van der Waals surface area contributed by atoms with Crippen molar-refractivity contribution in [1.82, 2.24) is 5.16 Å². The van der Waals surface area contributed by atoms with Gasteiger partial charge < -0.3 is 9.84 Å². The van der Waals surface area contributed by atoms with Gasteiger partial charge >= 0.3 is 6.43 Å². The van der Waals surface area contributed by atoms with Crippen LogP contribution in [-0.2, 0) is 4.79 Å². The van der Waals surface area contributed by atoms with Crippen molar-refractivity contribution in [1.29, 1.82) is 0 Å². The number of aryl methyl sites for hydroxylation is 2. The maximum atomic E-state index is 11.8. The minimum atomic E-state index is -3.03. The molecule has 0 aliphatic heterocycles. The maximum absolute atomic E-state index is 11.8. The van der Waals surface area contributed by atoms with E-state index in [1.807, 2.05) is 5.32 Å². The first-order chi connectivity index (χ1) is 6.02. The largest absolute Gasteiger partial charge is 0.359 e. The number of nitrogens with one attached hydrogen (secondary N) is 1. The van der Waals surface area contributed by atoms with Crippen LogP contribution in [0.15, 0.2) is 4.52 Å². The predicted octanol–water partition coefficient (Wildman–Crippen LogP) is 1.50. The third-order valence-corrected chi connectivity index (χ3v) is 1.48. The molecule has 0 saturated heterocycles. The van der Waals surface area contributed by atoms with E-state index >= 15 is 0 Å². The van der Waals surface area contributed by atoms with Crippen LogP contribution in [0.4, 0.5) is 14.5 Å². The Bertz CT molecular complexity index is 303. The second-order valence-corrected chi connectivity index (χ2v) is 2.49. The summed E-state index contributed by atoms with van der Waals surface area (Å²) in [5, 5.41) is 5.51. The molecule has 1 rings (SSSR count). The molecule has 1 amide bonds. The Hall–Kier alpha value is -1.46. The van der Waals surface area contributed by atoms with Crippen LogP contribution in [0.5, 0.6) is 0 Å². The first-order valence-corrected chi connectivity index (χ1v) is 3.54. The van der Waals surface area contributed by atoms with E-state index in [4.69, 9.17) is 0 Å². The van der Waals surface area contributed by atoms with Gasteiger partial charge in [0.2, 0.25) is 0 Å². The zero-order valence-electron chi connectivity index (χ0n) is 7.10. The number of nitrogens with zero attached hydrogens (tertiary/aromatic N) is 1. The fraction of sp³-hybridized carbons (Fsp3) is 0.429. The highest BCUT2D eigenvalue weighted by atomic mass is 19.3. The second kappa shape index (κ2) is 3.51. The predicted molar refractivity (Wildman–Crippen MR) is 40.6 cm³/mol. The van der Waals surface area contributed by atoms with Gasteiger partial charge in [0.05, 0.1) is 0 Å². The summed E-state index contributed by atoms with van der Waals surface area (Å²) in [6, 6.07) is 0. The molecular formula is C7H8F2N2O2. The Morgan fingerprint density at radius 3 is 2.54 bits per heavy atom. The molecule has 0 spiro atoms. The number of rotatable bonds is 2. The van der Waals surface area contributed by atoms with Crippen LogP contribution in [0.3, 0.4) is 0 Å². The molecule has 0 saturated carbocycles. The van der Waals surface area contributed by atoms with Gasteiger partial charge in [-0.15, -0.1) is 0 Å². The zero-order chi connectivity index (χ0) is 10.0. The molecule has 0 bridgehead atoms. The Kier molecular flexibility index (Phi) is 2.60. The van der Waals surface area contributed by atoms with E-state index in [-0.39, 0.29) is 5.69 Å². The molecule has 13 heavy (non-hydrogen) atoms. The van der Waals surface area contributed by atoms with Crippen molar-refractivity contribution >= 4 is 11.6 Å². The van der Waals surface area contributed by atoms with E-state index in [9.17, 15) is 13.6 Å². The van der Waals surface area contributed by atoms with Crippen LogP contribution in [0.2, 0.25) is 0 Å². The van der Waals surface area contributed by atoms with E-state index in [2.05, 4.69) is 9.68 Å². The van der Waals surface area contributed by atoms with Gasteiger partial charge in [-0.1, -0.05) is 5.16 Å². The summed E-state index contributed by atoms with van der Waals surface area (Å²) in [7, 11) is 0. The van der Waals surface area contributed by atoms with Gasteiger partial charge in [-0.05, 0) is 13.8 Å². The molecule has 6 heteroatoms. The summed E-state index contributed by atoms with van der Waals surface area (Å²) >= 11 is 0. The number of aromatic nitrogens is 1. The average Bonchev–Trinajstić information content (AvgIpc) is 2.35. The van der Waals surface area contributed by atoms with Gasteiger partial charge in [-0.2, -0.15) is 8.78 Å². The fourth-order valence-electron chi connectivity index (χ4n) is 0.839. The van der Waals surface area contributed by atoms with E-state index in [1.54, 1.807) is 6.92 Å². The molecule has 1 aromatic heterocycles. The molecule has 0 unspecified atom stereocenters. The molecule has 1 heterocycles. The zero-order valence-corrected chi connectivity index (χ0v) is 7.10. The normalized spacial score (nSPS) is 10.5. The van der Waals surface area contributed by atoms with Gasteiger partial charge in [-0.3, -0.25) is 4.79 Å². The second-order valence-electron chi connectivity index (χ2n) is 2.49. The van der Waals surface area contributed by atoms with Crippen molar-refractivity contribution in [3.05, 3.63) is 11.5 Å². The summed E-state index contributed by atoms with van der Waals surface area (Å²) in [5.41, 5.74) is 0.594. The Labute approximate surface area is 72.9 Å². The lowest BCUT2D eigenvalue weighted by Gasteiger charge is -2.01. The number of hydrogen-bond acceptors (Lipinski definition) is 3. The minimum Gasteiger partial charge on any atom is -0.359 e. The van der Waals surface area contributed by atoms with Gasteiger partial charge in [0.25, 0.3) is 5.91 Å². The maximum Gasteiger partial charge on any atom is 0.315 e. The van der Waals surface area contributed by atoms with Crippen LogP contribution in [0.1, 0.15) is 11.5 Å². The van der Waals surface area contributed by atoms with Crippen LogP contribution in [0.25, 0.3) is 0 Å². The van der Waals surface area contributed by atoms with Gasteiger partial charge in [0, 0.05) is 0 Å². The molecule has 1 N–H and O–H groups in total. The number of alkyl halides is 2. The van der Waals surface area contributed by atoms with Crippen molar-refractivity contribution in [2.45, 2.75) is 20.3 Å². The molecule has 72 valence electrons. The molecule has 0 atom stereocenters. The van der Waals surface area contributed by atoms with Crippen molar-refractivity contribution in [2.75, 3.05) is 5.32 Å². The van der Waals surface area contributed by atoms with Crippen LogP contribution >= 0.6 is 0 Å². The molecular weight excluding hydrogens is 182 g/mol. The molecule has 0 aliphatic rings. The average molecular weight is 190 g/mol. The Morgan fingerprint density at radius 1 is 1.54 bits per heavy atom. The standard InChI is InChI=1S/C7H8F2N2O2/c1-3-5(4(2)13-11-3)10-7(12)6(8)9/h6H,1-2H3,(H,10,12). The van der Waals surface area contributed by atoms with Gasteiger partial charge in [0.15, 0.2) is 5.76 Å². The minimum absolute atomic E-state index is 0.213. The number of hydrogen-bond donors (Lipinski definition) is 1. The smallest absolute Gasteiger partial charge is 0.315 e. The van der Waals surface area contributed by atoms with E-state index in [0.29, 0.717) is 11.5 Å². The highest BCUT2D eigenvalue weighted by Gasteiger charge is 2.19. The van der Waals surface area contributed by atoms with Crippen molar-refractivity contribution in [3.8, 4) is 0 Å². The van der Waals surface area contributed by atoms with Crippen molar-refractivity contribution in [3.63, 3.8) is 0 Å². The molecule has 0 aliphatic carbocycles. The van der Waals surface area contributed by atoms with Crippen LogP contribution in [0, 0.1) is 13.8 Å². The summed E-state index contributed by atoms with van der Waals surface area (Å²) in [6.45, 7) is 3.08. The third-order valence-electron chi connectivity index (χ3n) is 1.48. The quantitative estimate of drug-likeness (QED) is 0.768. The highest BCUT2D eigenvalue weighted by Crippen LogP contribution is 2.18. The molecule has 0 radical (unpaired) electrons. The molecule has 1 aromatic rings. The number of carbonyl (C=O) groups is 1. The third kappa shape index (κ3) is 2.01. The number of carbonyl (C=O) groups excluding carboxylic acids is 1. The van der Waals surface area contributed by atoms with Gasteiger partial charge in [0.1, 0.15) is 11.4 Å². The fourth-order valence-corrected chi connectivity index (χ4v) is 0.839. The Morgan fingerprint density at radius 2 is 2.15 bits per heavy atom. The summed E-state index contributed by atoms with van der Waals surface area (Å²) in [6.07, 6.45) is -3.03. The summed E-state index contributed by atoms with van der Waals surface area (Å²) < 4.78 is 28.3. The van der Waals surface area contributed by atoms with E-state index in [0.717, 1.165) is 0 Å². The highest BCUT2D eigenvalue weighted by molar-refractivity contribution is 5.93. The SMILES string of the molecule is Cc1noc(C)c1NC(=O)C(F)F. The molecule has 4 nitrogen and oxygen atoms in total. The van der Waals surface area contributed by atoms with Crippen LogP contribution in [-0.4, -0.2) is 17.5 Å². The number of halogens is 2. The lowest BCUT2D eigenvalue weighted by molar-refractivity contribution is -0.126. The topological polar surface area (TPSA) is 55.1 Å². The number of anilines is 1. The monoisotopic (exact) mass is 190 g/mol. The van der Waals surface area contributed by atoms with Gasteiger partial charge in [-0.25, -0.2) is 0 Å². The lowest BCUT2D eigenvalue weighted by Crippen LogP contribution is -2.20. The first-order valence-electron chi connectivity index (χ1n) is 3.54. The molecule has 0 fully saturated rings. The van der Waals surface area contributed by atoms with Crippen molar-refractivity contribution in [2.24, 2.45) is 0 Å². The van der Waals surface area contributed by atoms with E-state index < -0.39 is 12.3 Å².